The Kier molecular flexibility index (Phi) is 4.38. The average Bonchev–Trinajstić information content (AvgIpc) is 2.74. The summed E-state index contributed by atoms with van der Waals surface area (Å²) in [6.45, 7) is 1.91. The molecule has 0 spiro atoms. The summed E-state index contributed by atoms with van der Waals surface area (Å²) in [7, 11) is 0. The molecule has 78 valence electrons. The predicted octanol–water partition coefficient (Wildman–Crippen LogP) is 1.26. The fraction of sp³-hybridized carbons (Fsp3) is 0.444. The Morgan fingerprint density at radius 1 is 1.64 bits per heavy atom. The fourth-order valence-corrected chi connectivity index (χ4v) is 2.07. The molecule has 1 aromatic heterocycles. The van der Waals surface area contributed by atoms with Crippen molar-refractivity contribution in [3.05, 3.63) is 22.4 Å². The first kappa shape index (κ1) is 11.5. The molecule has 5 heteroatoms. The van der Waals surface area contributed by atoms with Crippen LogP contribution in [0.3, 0.4) is 0 Å². The zero-order chi connectivity index (χ0) is 9.10. The molecule has 2 N–H and O–H groups in total. The number of carbonyl (C=O) groups is 1. The third kappa shape index (κ3) is 2.70. The van der Waals surface area contributed by atoms with E-state index in [4.69, 9.17) is 0 Å². The molecule has 3 nitrogen and oxygen atoms in total. The number of rotatable bonds is 2. The van der Waals surface area contributed by atoms with Gasteiger partial charge in [-0.1, -0.05) is 6.07 Å². The van der Waals surface area contributed by atoms with Crippen LogP contribution in [0.2, 0.25) is 0 Å². The average molecular weight is 233 g/mol. The number of carbonyl (C=O) groups excluding carboxylic acids is 1. The Morgan fingerprint density at radius 3 is 3.07 bits per heavy atom. The number of hydrogen-bond donors (Lipinski definition) is 2. The van der Waals surface area contributed by atoms with Crippen molar-refractivity contribution in [3.8, 4) is 0 Å². The van der Waals surface area contributed by atoms with E-state index in [-0.39, 0.29) is 18.3 Å². The van der Waals surface area contributed by atoms with E-state index in [0.29, 0.717) is 6.04 Å². The lowest BCUT2D eigenvalue weighted by Gasteiger charge is -2.09. The molecule has 2 heterocycles. The minimum Gasteiger partial charge on any atom is -0.347 e. The van der Waals surface area contributed by atoms with E-state index in [2.05, 4.69) is 10.6 Å². The maximum absolute atomic E-state index is 11.5. The third-order valence-corrected chi connectivity index (χ3v) is 3.01. The van der Waals surface area contributed by atoms with Crippen molar-refractivity contribution in [1.29, 1.82) is 0 Å². The number of hydrogen-bond acceptors (Lipinski definition) is 3. The van der Waals surface area contributed by atoms with Gasteiger partial charge in [0.15, 0.2) is 0 Å². The van der Waals surface area contributed by atoms with Crippen LogP contribution in [0.15, 0.2) is 17.5 Å². The first-order chi connectivity index (χ1) is 6.36. The summed E-state index contributed by atoms with van der Waals surface area (Å²) in [5.41, 5.74) is 0. The van der Waals surface area contributed by atoms with Gasteiger partial charge in [0, 0.05) is 12.6 Å². The molecule has 0 aliphatic carbocycles. The van der Waals surface area contributed by atoms with Crippen molar-refractivity contribution in [2.75, 3.05) is 13.1 Å². The zero-order valence-corrected chi connectivity index (χ0v) is 9.29. The Bertz CT molecular complexity index is 283. The van der Waals surface area contributed by atoms with Crippen molar-refractivity contribution in [2.45, 2.75) is 12.5 Å². The highest BCUT2D eigenvalue weighted by Crippen LogP contribution is 2.09. The maximum Gasteiger partial charge on any atom is 0.261 e. The molecule has 1 amide bonds. The molecule has 1 aliphatic heterocycles. The van der Waals surface area contributed by atoms with Gasteiger partial charge in [-0.3, -0.25) is 4.79 Å². The van der Waals surface area contributed by atoms with Crippen LogP contribution in [0, 0.1) is 0 Å². The molecular formula is C9H13ClN2OS. The number of nitrogens with one attached hydrogen (secondary N) is 2. The first-order valence-electron chi connectivity index (χ1n) is 4.41. The fourth-order valence-electron chi connectivity index (χ4n) is 1.44. The number of amides is 1. The highest BCUT2D eigenvalue weighted by atomic mass is 35.5. The van der Waals surface area contributed by atoms with Gasteiger partial charge in [-0.05, 0) is 24.4 Å². The minimum absolute atomic E-state index is 0. The standard InChI is InChI=1S/C9H12N2OS.ClH/c12-9(8-2-1-5-13-8)11-7-3-4-10-6-7;/h1-2,5,7,10H,3-4,6H2,(H,11,12);1H/t7-;/m0./s1. The van der Waals surface area contributed by atoms with Crippen molar-refractivity contribution in [1.82, 2.24) is 10.6 Å². The van der Waals surface area contributed by atoms with Crippen molar-refractivity contribution in [3.63, 3.8) is 0 Å². The van der Waals surface area contributed by atoms with Crippen LogP contribution < -0.4 is 10.6 Å². The van der Waals surface area contributed by atoms with E-state index in [1.54, 1.807) is 0 Å². The van der Waals surface area contributed by atoms with E-state index in [1.807, 2.05) is 17.5 Å². The molecule has 0 unspecified atom stereocenters. The lowest BCUT2D eigenvalue weighted by atomic mass is 10.2. The number of halogens is 1. The third-order valence-electron chi connectivity index (χ3n) is 2.14. The largest absolute Gasteiger partial charge is 0.347 e. The van der Waals surface area contributed by atoms with Gasteiger partial charge in [0.1, 0.15) is 0 Å². The van der Waals surface area contributed by atoms with Gasteiger partial charge in [-0.25, -0.2) is 0 Å². The summed E-state index contributed by atoms with van der Waals surface area (Å²) in [5.74, 6) is 0.0590. The maximum atomic E-state index is 11.5. The van der Waals surface area contributed by atoms with Gasteiger partial charge in [0.05, 0.1) is 4.88 Å². The summed E-state index contributed by atoms with van der Waals surface area (Å²) >= 11 is 1.48. The molecular weight excluding hydrogens is 220 g/mol. The number of thiophene rings is 1. The quantitative estimate of drug-likeness (QED) is 0.806. The molecule has 1 fully saturated rings. The lowest BCUT2D eigenvalue weighted by Crippen LogP contribution is -2.35. The first-order valence-corrected chi connectivity index (χ1v) is 5.29. The predicted molar refractivity (Wildman–Crippen MR) is 60.3 cm³/mol. The smallest absolute Gasteiger partial charge is 0.261 e. The summed E-state index contributed by atoms with van der Waals surface area (Å²) in [6.07, 6.45) is 1.04. The summed E-state index contributed by atoms with van der Waals surface area (Å²) in [5, 5.41) is 8.12. The van der Waals surface area contributed by atoms with E-state index < -0.39 is 0 Å². The molecule has 2 rings (SSSR count). The van der Waals surface area contributed by atoms with Crippen LogP contribution in [0.25, 0.3) is 0 Å². The Morgan fingerprint density at radius 2 is 2.50 bits per heavy atom. The molecule has 0 bridgehead atoms. The summed E-state index contributed by atoms with van der Waals surface area (Å²) < 4.78 is 0. The second-order valence-corrected chi connectivity index (χ2v) is 4.09. The van der Waals surface area contributed by atoms with Gasteiger partial charge in [-0.15, -0.1) is 23.7 Å². The molecule has 0 saturated carbocycles. The minimum atomic E-state index is 0. The Balaban J connectivity index is 0.000000980. The molecule has 1 atom stereocenters. The van der Waals surface area contributed by atoms with Gasteiger partial charge in [0.2, 0.25) is 0 Å². The van der Waals surface area contributed by atoms with Crippen molar-refractivity contribution in [2.24, 2.45) is 0 Å². The molecule has 0 aromatic carbocycles. The highest BCUT2D eigenvalue weighted by molar-refractivity contribution is 7.12. The van der Waals surface area contributed by atoms with Gasteiger partial charge in [0.25, 0.3) is 5.91 Å². The van der Waals surface area contributed by atoms with Crippen LogP contribution in [0.4, 0.5) is 0 Å². The van der Waals surface area contributed by atoms with Crippen LogP contribution >= 0.6 is 23.7 Å². The second-order valence-electron chi connectivity index (χ2n) is 3.14. The molecule has 1 aliphatic rings. The van der Waals surface area contributed by atoms with Crippen LogP contribution in [-0.2, 0) is 0 Å². The topological polar surface area (TPSA) is 41.1 Å². The summed E-state index contributed by atoms with van der Waals surface area (Å²) in [6, 6.07) is 4.06. The Hall–Kier alpha value is -0.580. The van der Waals surface area contributed by atoms with Crippen LogP contribution in [0.1, 0.15) is 16.1 Å². The van der Waals surface area contributed by atoms with E-state index >= 15 is 0 Å². The van der Waals surface area contributed by atoms with E-state index in [9.17, 15) is 4.79 Å². The van der Waals surface area contributed by atoms with Gasteiger partial charge >= 0.3 is 0 Å². The van der Waals surface area contributed by atoms with E-state index in [0.717, 1.165) is 24.4 Å². The van der Waals surface area contributed by atoms with Crippen LogP contribution in [0.5, 0.6) is 0 Å². The summed E-state index contributed by atoms with van der Waals surface area (Å²) in [4.78, 5) is 12.3. The highest BCUT2D eigenvalue weighted by Gasteiger charge is 2.17. The lowest BCUT2D eigenvalue weighted by molar-refractivity contribution is 0.0944. The molecule has 14 heavy (non-hydrogen) atoms. The SMILES string of the molecule is Cl.O=C(N[C@H]1CCNC1)c1cccs1. The molecule has 0 radical (unpaired) electrons. The molecule has 1 aromatic rings. The second kappa shape index (κ2) is 5.34. The van der Waals surface area contributed by atoms with Crippen molar-refractivity contribution < 1.29 is 4.79 Å². The van der Waals surface area contributed by atoms with Crippen LogP contribution in [-0.4, -0.2) is 25.0 Å². The van der Waals surface area contributed by atoms with Crippen molar-refractivity contribution >= 4 is 29.7 Å². The van der Waals surface area contributed by atoms with E-state index in [1.165, 1.54) is 11.3 Å². The van der Waals surface area contributed by atoms with Gasteiger partial charge < -0.3 is 10.6 Å². The normalized spacial score (nSPS) is 20.1. The van der Waals surface area contributed by atoms with Gasteiger partial charge in [-0.2, -0.15) is 0 Å². The molecule has 1 saturated heterocycles. The zero-order valence-electron chi connectivity index (χ0n) is 7.66. The monoisotopic (exact) mass is 232 g/mol. The Labute approximate surface area is 93.3 Å².